The molecular weight excluding hydrogens is 166 g/mol. The van der Waals surface area contributed by atoms with Crippen LogP contribution in [-0.4, -0.2) is 17.6 Å². The molecule has 0 saturated carbocycles. The molecule has 0 aliphatic rings. The Morgan fingerprint density at radius 2 is 1.62 bits per heavy atom. The van der Waals surface area contributed by atoms with Gasteiger partial charge in [-0.05, 0) is 13.3 Å². The van der Waals surface area contributed by atoms with E-state index in [1.165, 1.54) is 0 Å². The van der Waals surface area contributed by atoms with E-state index < -0.39 is 11.3 Å². The van der Waals surface area contributed by atoms with Gasteiger partial charge in [-0.15, -0.1) is 0 Å². The highest BCUT2D eigenvalue weighted by Gasteiger charge is 2.27. The SMILES string of the molecule is CC.CC.CCC(C)(CO)C(N)=O. The third-order valence-electron chi connectivity index (χ3n) is 1.72. The Morgan fingerprint density at radius 3 is 1.62 bits per heavy atom. The van der Waals surface area contributed by atoms with Crippen molar-refractivity contribution in [1.82, 2.24) is 0 Å². The second kappa shape index (κ2) is 11.4. The molecule has 0 rings (SSSR count). The summed E-state index contributed by atoms with van der Waals surface area (Å²) in [6, 6.07) is 0. The molecule has 0 aromatic heterocycles. The predicted octanol–water partition coefficient (Wildman–Crippen LogP) is 1.93. The first-order valence-corrected chi connectivity index (χ1v) is 4.97. The lowest BCUT2D eigenvalue weighted by Gasteiger charge is -2.20. The highest BCUT2D eigenvalue weighted by molar-refractivity contribution is 5.80. The lowest BCUT2D eigenvalue weighted by molar-refractivity contribution is -0.129. The van der Waals surface area contributed by atoms with Crippen LogP contribution in [0.3, 0.4) is 0 Å². The smallest absolute Gasteiger partial charge is 0.225 e. The van der Waals surface area contributed by atoms with Gasteiger partial charge in [0.25, 0.3) is 0 Å². The van der Waals surface area contributed by atoms with Gasteiger partial charge in [0.2, 0.25) is 5.91 Å². The van der Waals surface area contributed by atoms with Crippen molar-refractivity contribution in [3.8, 4) is 0 Å². The summed E-state index contributed by atoms with van der Waals surface area (Å²) >= 11 is 0. The Balaban J connectivity index is -0.000000218. The van der Waals surface area contributed by atoms with E-state index in [4.69, 9.17) is 10.8 Å². The fourth-order valence-corrected chi connectivity index (χ4v) is 0.364. The van der Waals surface area contributed by atoms with Gasteiger partial charge < -0.3 is 10.8 Å². The average molecular weight is 191 g/mol. The fourth-order valence-electron chi connectivity index (χ4n) is 0.364. The molecule has 0 aliphatic heterocycles. The van der Waals surface area contributed by atoms with Crippen LogP contribution in [0.2, 0.25) is 0 Å². The lowest BCUT2D eigenvalue weighted by Crippen LogP contribution is -2.36. The number of amides is 1. The standard InChI is InChI=1S/C6H13NO2.2C2H6/c1-3-6(2,4-8)5(7)9;2*1-2/h8H,3-4H2,1-2H3,(H2,7,9);2*1-2H3. The summed E-state index contributed by atoms with van der Waals surface area (Å²) in [5.74, 6) is -0.437. The van der Waals surface area contributed by atoms with Crippen LogP contribution in [0.25, 0.3) is 0 Å². The molecule has 0 saturated heterocycles. The van der Waals surface area contributed by atoms with Gasteiger partial charge in [-0.1, -0.05) is 34.6 Å². The molecular formula is C10H25NO2. The summed E-state index contributed by atoms with van der Waals surface area (Å²) in [6.45, 7) is 11.3. The molecule has 0 bridgehead atoms. The maximum Gasteiger partial charge on any atom is 0.225 e. The van der Waals surface area contributed by atoms with E-state index in [1.807, 2.05) is 34.6 Å². The predicted molar refractivity (Wildman–Crippen MR) is 57.4 cm³/mol. The molecule has 3 N–H and O–H groups in total. The van der Waals surface area contributed by atoms with E-state index in [0.29, 0.717) is 6.42 Å². The van der Waals surface area contributed by atoms with E-state index in [-0.39, 0.29) is 6.61 Å². The molecule has 13 heavy (non-hydrogen) atoms. The monoisotopic (exact) mass is 191 g/mol. The zero-order valence-corrected chi connectivity index (χ0v) is 9.85. The van der Waals surface area contributed by atoms with Crippen LogP contribution >= 0.6 is 0 Å². The van der Waals surface area contributed by atoms with Gasteiger partial charge in [0.15, 0.2) is 0 Å². The summed E-state index contributed by atoms with van der Waals surface area (Å²) < 4.78 is 0. The topological polar surface area (TPSA) is 63.3 Å². The summed E-state index contributed by atoms with van der Waals surface area (Å²) in [5.41, 5.74) is 4.27. The van der Waals surface area contributed by atoms with E-state index in [9.17, 15) is 4.79 Å². The van der Waals surface area contributed by atoms with Gasteiger partial charge in [-0.3, -0.25) is 4.79 Å². The normalized spacial score (nSPS) is 12.5. The summed E-state index contributed by atoms with van der Waals surface area (Å²) in [7, 11) is 0. The highest BCUT2D eigenvalue weighted by atomic mass is 16.3. The minimum Gasteiger partial charge on any atom is -0.395 e. The molecule has 3 nitrogen and oxygen atoms in total. The van der Waals surface area contributed by atoms with E-state index in [0.717, 1.165) is 0 Å². The highest BCUT2D eigenvalue weighted by Crippen LogP contribution is 2.18. The number of aliphatic hydroxyl groups excluding tert-OH is 1. The van der Waals surface area contributed by atoms with Crippen molar-refractivity contribution in [2.24, 2.45) is 11.1 Å². The van der Waals surface area contributed by atoms with Crippen molar-refractivity contribution in [2.75, 3.05) is 6.61 Å². The van der Waals surface area contributed by atoms with Crippen molar-refractivity contribution in [3.05, 3.63) is 0 Å². The molecule has 1 atom stereocenters. The van der Waals surface area contributed by atoms with Gasteiger partial charge in [0.05, 0.1) is 12.0 Å². The molecule has 0 fully saturated rings. The number of hydrogen-bond donors (Lipinski definition) is 2. The summed E-state index contributed by atoms with van der Waals surface area (Å²) in [4.78, 5) is 10.5. The molecule has 0 aromatic carbocycles. The third kappa shape index (κ3) is 7.78. The van der Waals surface area contributed by atoms with Crippen LogP contribution in [0, 0.1) is 5.41 Å². The minimum absolute atomic E-state index is 0.168. The van der Waals surface area contributed by atoms with Gasteiger partial charge in [0.1, 0.15) is 0 Å². The first kappa shape index (κ1) is 18.3. The van der Waals surface area contributed by atoms with Crippen LogP contribution in [0.5, 0.6) is 0 Å². The molecule has 3 heteroatoms. The Morgan fingerprint density at radius 1 is 1.31 bits per heavy atom. The van der Waals surface area contributed by atoms with Crippen molar-refractivity contribution in [2.45, 2.75) is 48.0 Å². The number of hydrogen-bond acceptors (Lipinski definition) is 2. The van der Waals surface area contributed by atoms with Gasteiger partial charge in [0, 0.05) is 0 Å². The number of carbonyl (C=O) groups excluding carboxylic acids is 1. The number of aliphatic hydroxyl groups is 1. The van der Waals surface area contributed by atoms with Gasteiger partial charge >= 0.3 is 0 Å². The van der Waals surface area contributed by atoms with Gasteiger partial charge in [-0.2, -0.15) is 0 Å². The van der Waals surface area contributed by atoms with Crippen LogP contribution in [0.15, 0.2) is 0 Å². The molecule has 0 radical (unpaired) electrons. The molecule has 1 unspecified atom stereocenters. The van der Waals surface area contributed by atoms with Crippen LogP contribution < -0.4 is 5.73 Å². The zero-order chi connectivity index (χ0) is 11.5. The summed E-state index contributed by atoms with van der Waals surface area (Å²) in [6.07, 6.45) is 0.582. The van der Waals surface area contributed by atoms with Crippen LogP contribution in [0.4, 0.5) is 0 Å². The fraction of sp³-hybridized carbons (Fsp3) is 0.900. The van der Waals surface area contributed by atoms with Crippen molar-refractivity contribution in [1.29, 1.82) is 0 Å². The van der Waals surface area contributed by atoms with E-state index in [2.05, 4.69) is 0 Å². The first-order chi connectivity index (χ1) is 6.06. The largest absolute Gasteiger partial charge is 0.395 e. The molecule has 0 aromatic rings. The molecule has 0 spiro atoms. The Bertz CT molecular complexity index is 109. The second-order valence-electron chi connectivity index (χ2n) is 2.44. The van der Waals surface area contributed by atoms with Crippen LogP contribution in [0.1, 0.15) is 48.0 Å². The number of carbonyl (C=O) groups is 1. The Kier molecular flexibility index (Phi) is 16.1. The zero-order valence-electron chi connectivity index (χ0n) is 9.85. The van der Waals surface area contributed by atoms with Crippen molar-refractivity contribution < 1.29 is 9.90 Å². The molecule has 82 valence electrons. The van der Waals surface area contributed by atoms with Crippen LogP contribution in [-0.2, 0) is 4.79 Å². The van der Waals surface area contributed by atoms with Crippen molar-refractivity contribution in [3.63, 3.8) is 0 Å². The molecule has 0 heterocycles. The Labute approximate surface area is 82.3 Å². The molecule has 1 amide bonds. The quantitative estimate of drug-likeness (QED) is 0.716. The minimum atomic E-state index is -0.722. The Hall–Kier alpha value is -0.570. The van der Waals surface area contributed by atoms with E-state index in [1.54, 1.807) is 6.92 Å². The first-order valence-electron chi connectivity index (χ1n) is 4.97. The second-order valence-corrected chi connectivity index (χ2v) is 2.44. The number of nitrogens with two attached hydrogens (primary N) is 1. The number of primary amides is 1. The number of rotatable bonds is 3. The van der Waals surface area contributed by atoms with E-state index >= 15 is 0 Å². The molecule has 0 aliphatic carbocycles. The maximum absolute atomic E-state index is 10.5. The average Bonchev–Trinajstić information content (AvgIpc) is 2.22. The third-order valence-corrected chi connectivity index (χ3v) is 1.72. The lowest BCUT2D eigenvalue weighted by atomic mass is 9.88. The van der Waals surface area contributed by atoms with Crippen molar-refractivity contribution >= 4 is 5.91 Å². The summed E-state index contributed by atoms with van der Waals surface area (Å²) in [5, 5.41) is 8.65. The maximum atomic E-state index is 10.5. The van der Waals surface area contributed by atoms with Gasteiger partial charge in [-0.25, -0.2) is 0 Å².